The van der Waals surface area contributed by atoms with Gasteiger partial charge in [-0.25, -0.2) is 9.79 Å². The number of fused-ring (bicyclic) bond motifs is 2. The summed E-state index contributed by atoms with van der Waals surface area (Å²) in [6.07, 6.45) is 3.70. The minimum Gasteiger partial charge on any atom is -0.459 e. The summed E-state index contributed by atoms with van der Waals surface area (Å²) in [4.78, 5) is 34.2. The second kappa shape index (κ2) is 12.4. The lowest BCUT2D eigenvalue weighted by Gasteiger charge is -2.25. The molecule has 3 heterocycles. The van der Waals surface area contributed by atoms with Crippen LogP contribution in [0.15, 0.2) is 103 Å². The number of thioether (sulfide) groups is 1. The van der Waals surface area contributed by atoms with E-state index in [1.807, 2.05) is 69.5 Å². The number of rotatable bonds is 7. The third kappa shape index (κ3) is 5.64. The van der Waals surface area contributed by atoms with Crippen LogP contribution >= 0.6 is 39.0 Å². The van der Waals surface area contributed by atoms with E-state index in [1.165, 1.54) is 16.9 Å². The fourth-order valence-electron chi connectivity index (χ4n) is 5.71. The van der Waals surface area contributed by atoms with Crippen LogP contribution in [0.4, 0.5) is 0 Å². The minimum absolute atomic E-state index is 0.181. The second-order valence-electron chi connectivity index (χ2n) is 11.0. The lowest BCUT2D eigenvalue weighted by Crippen LogP contribution is -2.40. The van der Waals surface area contributed by atoms with E-state index in [0.717, 1.165) is 37.1 Å². The molecule has 1 aliphatic rings. The summed E-state index contributed by atoms with van der Waals surface area (Å²) < 4.78 is 11.2. The summed E-state index contributed by atoms with van der Waals surface area (Å²) in [6.45, 7) is 8.27. The number of halogens is 1. The molecule has 0 saturated carbocycles. The molecule has 9 heteroatoms. The maximum Gasteiger partial charge on any atom is 0.338 e. The van der Waals surface area contributed by atoms with E-state index < -0.39 is 12.0 Å². The van der Waals surface area contributed by atoms with Crippen molar-refractivity contribution in [2.45, 2.75) is 51.3 Å². The first kappa shape index (κ1) is 30.4. The molecular formula is C35H32BrN3O3S2. The number of carbonyl (C=O) groups excluding carboxylic acids is 1. The lowest BCUT2D eigenvalue weighted by molar-refractivity contribution is -0.143. The highest BCUT2D eigenvalue weighted by Gasteiger charge is 2.34. The Bertz CT molecular complexity index is 2100. The van der Waals surface area contributed by atoms with Gasteiger partial charge < -0.3 is 9.30 Å². The Morgan fingerprint density at radius 2 is 1.77 bits per heavy atom. The summed E-state index contributed by atoms with van der Waals surface area (Å²) in [7, 11) is 0. The molecule has 224 valence electrons. The quantitative estimate of drug-likeness (QED) is 0.137. The van der Waals surface area contributed by atoms with Crippen molar-refractivity contribution >= 4 is 62.0 Å². The van der Waals surface area contributed by atoms with E-state index in [2.05, 4.69) is 63.8 Å². The summed E-state index contributed by atoms with van der Waals surface area (Å²) in [6, 6.07) is 24.0. The average Bonchev–Trinajstić information content (AvgIpc) is 3.45. The minimum atomic E-state index is -0.643. The van der Waals surface area contributed by atoms with Crippen LogP contribution in [0.1, 0.15) is 49.2 Å². The maximum atomic E-state index is 14.3. The Morgan fingerprint density at radius 3 is 2.45 bits per heavy atom. The molecule has 0 N–H and O–H groups in total. The van der Waals surface area contributed by atoms with Crippen molar-refractivity contribution in [2.75, 3.05) is 6.26 Å². The van der Waals surface area contributed by atoms with Gasteiger partial charge in [-0.1, -0.05) is 69.7 Å². The molecule has 6 rings (SSSR count). The molecule has 5 aromatic rings. The van der Waals surface area contributed by atoms with Crippen molar-refractivity contribution in [1.29, 1.82) is 0 Å². The van der Waals surface area contributed by atoms with Gasteiger partial charge in [-0.05, 0) is 81.5 Å². The number of benzene rings is 3. The van der Waals surface area contributed by atoms with Gasteiger partial charge in [-0.3, -0.25) is 9.36 Å². The van der Waals surface area contributed by atoms with E-state index in [-0.39, 0.29) is 11.7 Å². The van der Waals surface area contributed by atoms with E-state index in [4.69, 9.17) is 9.73 Å². The molecule has 44 heavy (non-hydrogen) atoms. The molecule has 0 radical (unpaired) electrons. The smallest absolute Gasteiger partial charge is 0.338 e. The molecule has 2 aromatic heterocycles. The Hall–Kier alpha value is -3.66. The number of esters is 1. The molecule has 3 aromatic carbocycles. The molecule has 1 aliphatic heterocycles. The highest BCUT2D eigenvalue weighted by molar-refractivity contribution is 9.10. The maximum absolute atomic E-state index is 14.3. The van der Waals surface area contributed by atoms with Crippen LogP contribution in [0.2, 0.25) is 0 Å². The molecule has 0 aliphatic carbocycles. The van der Waals surface area contributed by atoms with E-state index in [0.29, 0.717) is 27.1 Å². The Morgan fingerprint density at radius 1 is 1.07 bits per heavy atom. The predicted octanol–water partition coefficient (Wildman–Crippen LogP) is 6.98. The van der Waals surface area contributed by atoms with Crippen molar-refractivity contribution in [1.82, 2.24) is 9.13 Å². The molecule has 0 spiro atoms. The van der Waals surface area contributed by atoms with Crippen LogP contribution < -0.4 is 14.9 Å². The zero-order valence-electron chi connectivity index (χ0n) is 25.1. The van der Waals surface area contributed by atoms with Crippen molar-refractivity contribution in [3.8, 4) is 0 Å². The van der Waals surface area contributed by atoms with Gasteiger partial charge in [0, 0.05) is 38.1 Å². The third-order valence-electron chi connectivity index (χ3n) is 7.82. The highest BCUT2D eigenvalue weighted by Crippen LogP contribution is 2.32. The first-order chi connectivity index (χ1) is 21.2. The molecular weight excluding hydrogens is 654 g/mol. The van der Waals surface area contributed by atoms with Crippen LogP contribution in [-0.2, 0) is 16.1 Å². The first-order valence-corrected chi connectivity index (χ1v) is 17.2. The van der Waals surface area contributed by atoms with Crippen LogP contribution in [0.5, 0.6) is 0 Å². The van der Waals surface area contributed by atoms with Gasteiger partial charge in [0.2, 0.25) is 0 Å². The molecule has 1 atom stereocenters. The number of carbonyl (C=O) groups is 1. The Balaban J connectivity index is 1.53. The summed E-state index contributed by atoms with van der Waals surface area (Å²) in [5.41, 5.74) is 5.96. The Labute approximate surface area is 272 Å². The average molecular weight is 687 g/mol. The van der Waals surface area contributed by atoms with Crippen LogP contribution in [0.25, 0.3) is 17.0 Å². The molecule has 0 saturated heterocycles. The lowest BCUT2D eigenvalue weighted by atomic mass is 9.96. The van der Waals surface area contributed by atoms with E-state index >= 15 is 0 Å². The van der Waals surface area contributed by atoms with Crippen molar-refractivity contribution in [3.05, 3.63) is 131 Å². The number of nitrogens with zero attached hydrogens (tertiary/aromatic N) is 3. The van der Waals surface area contributed by atoms with Crippen molar-refractivity contribution in [2.24, 2.45) is 4.99 Å². The second-order valence-corrected chi connectivity index (χ2v) is 13.8. The SMILES string of the molecule is CSc1ccc([C@@H]2C(C(=O)OC(C)C)=C(C)N=c3s/c(=C\c4c(C)n(Cc5ccc(Br)cc5)c5ccccc45)c(=O)n32)cc1. The van der Waals surface area contributed by atoms with E-state index in [9.17, 15) is 9.59 Å². The monoisotopic (exact) mass is 685 g/mol. The van der Waals surface area contributed by atoms with Crippen LogP contribution in [-0.4, -0.2) is 27.5 Å². The normalized spacial score (nSPS) is 15.2. The highest BCUT2D eigenvalue weighted by atomic mass is 79.9. The van der Waals surface area contributed by atoms with Crippen LogP contribution in [0.3, 0.4) is 0 Å². The number of hydrogen-bond donors (Lipinski definition) is 0. The predicted molar refractivity (Wildman–Crippen MR) is 183 cm³/mol. The van der Waals surface area contributed by atoms with Crippen LogP contribution in [0, 0.1) is 6.92 Å². The number of allylic oxidation sites excluding steroid dienone is 1. The van der Waals surface area contributed by atoms with Gasteiger partial charge in [0.1, 0.15) is 0 Å². The molecule has 0 fully saturated rings. The van der Waals surface area contributed by atoms with Gasteiger partial charge in [0.25, 0.3) is 5.56 Å². The summed E-state index contributed by atoms with van der Waals surface area (Å²) in [5, 5.41) is 1.08. The van der Waals surface area contributed by atoms with Crippen molar-refractivity contribution < 1.29 is 9.53 Å². The van der Waals surface area contributed by atoms with Gasteiger partial charge in [0.05, 0.1) is 27.9 Å². The number of thiazole rings is 1. The van der Waals surface area contributed by atoms with Gasteiger partial charge >= 0.3 is 5.97 Å². The number of hydrogen-bond acceptors (Lipinski definition) is 6. The zero-order valence-corrected chi connectivity index (χ0v) is 28.3. The fraction of sp³-hybridized carbons (Fsp3) is 0.229. The topological polar surface area (TPSA) is 65.6 Å². The third-order valence-corrected chi connectivity index (χ3v) is 10.1. The largest absolute Gasteiger partial charge is 0.459 e. The molecule has 0 unspecified atom stereocenters. The van der Waals surface area contributed by atoms with E-state index in [1.54, 1.807) is 16.3 Å². The summed E-state index contributed by atoms with van der Waals surface area (Å²) in [5.74, 6) is -0.457. The van der Waals surface area contributed by atoms with Gasteiger partial charge in [-0.15, -0.1) is 11.8 Å². The Kier molecular flexibility index (Phi) is 8.55. The van der Waals surface area contributed by atoms with Gasteiger partial charge in [0.15, 0.2) is 4.80 Å². The fourth-order valence-corrected chi connectivity index (χ4v) is 7.41. The van der Waals surface area contributed by atoms with Gasteiger partial charge in [-0.2, -0.15) is 0 Å². The molecule has 0 bridgehead atoms. The standard InChI is InChI=1S/C35H32BrN3O3S2/c1-20(2)42-34(41)31-21(3)37-35-39(32(31)24-12-16-26(43-5)17-13-24)33(40)30(44-35)18-28-22(4)38(29-9-7-6-8-27(28)29)19-23-10-14-25(36)15-11-23/h6-18,20,32H,19H2,1-5H3/b30-18-/t32-/m1/s1. The number of para-hydroxylation sites is 1. The summed E-state index contributed by atoms with van der Waals surface area (Å²) >= 11 is 6.52. The zero-order chi connectivity index (χ0) is 31.1. The number of ether oxygens (including phenoxy) is 1. The first-order valence-electron chi connectivity index (χ1n) is 14.4. The van der Waals surface area contributed by atoms with Crippen molar-refractivity contribution in [3.63, 3.8) is 0 Å². The molecule has 0 amide bonds. The molecule has 6 nitrogen and oxygen atoms in total. The number of aromatic nitrogens is 2.